The number of likely N-dealkylation sites (N-methyl/N-ethyl adjacent to an activating group) is 1. The molecule has 1 atom stereocenters. The standard InChI is InChI=1S/C15H16ClNO2/c1-17-8-9(7-16)14-11(17)6-12(18)10-4-3-5-13(19-2)15(10)14/h3-6,9,18H,7-8H2,1-2H3/t9-/m1/s1. The molecule has 0 saturated carbocycles. The van der Waals surface area contributed by atoms with Gasteiger partial charge in [0.05, 0.1) is 7.11 Å². The van der Waals surface area contributed by atoms with E-state index in [-0.39, 0.29) is 11.7 Å². The van der Waals surface area contributed by atoms with E-state index in [0.717, 1.165) is 28.8 Å². The van der Waals surface area contributed by atoms with Gasteiger partial charge in [-0.05, 0) is 11.6 Å². The fraction of sp³-hybridized carbons (Fsp3) is 0.333. The van der Waals surface area contributed by atoms with Crippen LogP contribution >= 0.6 is 11.6 Å². The Bertz CT molecular complexity index is 642. The molecule has 4 heteroatoms. The van der Waals surface area contributed by atoms with E-state index in [0.29, 0.717) is 5.88 Å². The molecule has 2 aromatic carbocycles. The summed E-state index contributed by atoms with van der Waals surface area (Å²) < 4.78 is 5.46. The van der Waals surface area contributed by atoms with Gasteiger partial charge in [-0.3, -0.25) is 0 Å². The molecule has 3 nitrogen and oxygen atoms in total. The van der Waals surface area contributed by atoms with E-state index in [2.05, 4.69) is 4.90 Å². The Morgan fingerprint density at radius 2 is 2.26 bits per heavy atom. The highest BCUT2D eigenvalue weighted by atomic mass is 35.5. The number of nitrogens with zero attached hydrogens (tertiary/aromatic N) is 1. The molecule has 0 bridgehead atoms. The Kier molecular flexibility index (Phi) is 2.94. The van der Waals surface area contributed by atoms with Gasteiger partial charge in [-0.2, -0.15) is 0 Å². The predicted molar refractivity (Wildman–Crippen MR) is 78.9 cm³/mol. The number of methoxy groups -OCH3 is 1. The van der Waals surface area contributed by atoms with Crippen LogP contribution in [0.4, 0.5) is 5.69 Å². The Hall–Kier alpha value is -1.61. The normalized spacial score (nSPS) is 17.8. The molecule has 0 aromatic heterocycles. The lowest BCUT2D eigenvalue weighted by molar-refractivity contribution is 0.419. The molecule has 3 rings (SSSR count). The number of phenolic OH excluding ortho intramolecular Hbond substituents is 1. The van der Waals surface area contributed by atoms with Crippen molar-refractivity contribution in [2.75, 3.05) is 31.5 Å². The molecule has 0 fully saturated rings. The van der Waals surface area contributed by atoms with Crippen LogP contribution in [0.3, 0.4) is 0 Å². The fourth-order valence-electron chi connectivity index (χ4n) is 2.98. The minimum atomic E-state index is 0.265. The molecule has 0 aliphatic carbocycles. The second kappa shape index (κ2) is 4.49. The number of anilines is 1. The minimum absolute atomic E-state index is 0.265. The number of alkyl halides is 1. The lowest BCUT2D eigenvalue weighted by Crippen LogP contribution is -2.15. The van der Waals surface area contributed by atoms with Gasteiger partial charge in [-0.1, -0.05) is 12.1 Å². The first-order chi connectivity index (χ1) is 9.17. The third kappa shape index (κ3) is 1.72. The molecule has 100 valence electrons. The minimum Gasteiger partial charge on any atom is -0.507 e. The van der Waals surface area contributed by atoms with Gasteiger partial charge < -0.3 is 14.7 Å². The van der Waals surface area contributed by atoms with Crippen LogP contribution in [0.1, 0.15) is 11.5 Å². The zero-order valence-electron chi connectivity index (χ0n) is 11.0. The summed E-state index contributed by atoms with van der Waals surface area (Å²) in [5.41, 5.74) is 2.22. The van der Waals surface area contributed by atoms with Crippen LogP contribution in [0.15, 0.2) is 24.3 Å². The van der Waals surface area contributed by atoms with Crippen molar-refractivity contribution in [3.05, 3.63) is 29.8 Å². The monoisotopic (exact) mass is 277 g/mol. The van der Waals surface area contributed by atoms with Gasteiger partial charge in [0.25, 0.3) is 0 Å². The van der Waals surface area contributed by atoms with Crippen LogP contribution in [-0.4, -0.2) is 31.7 Å². The van der Waals surface area contributed by atoms with E-state index in [1.807, 2.05) is 31.3 Å². The topological polar surface area (TPSA) is 32.7 Å². The van der Waals surface area contributed by atoms with Crippen LogP contribution in [-0.2, 0) is 0 Å². The Morgan fingerprint density at radius 1 is 1.47 bits per heavy atom. The maximum absolute atomic E-state index is 10.2. The van der Waals surface area contributed by atoms with Gasteiger partial charge >= 0.3 is 0 Å². The van der Waals surface area contributed by atoms with E-state index >= 15 is 0 Å². The van der Waals surface area contributed by atoms with Crippen molar-refractivity contribution in [1.82, 2.24) is 0 Å². The number of fused-ring (bicyclic) bond motifs is 3. The smallest absolute Gasteiger partial charge is 0.127 e. The van der Waals surface area contributed by atoms with Crippen LogP contribution in [0.2, 0.25) is 0 Å². The molecule has 0 saturated heterocycles. The van der Waals surface area contributed by atoms with E-state index in [9.17, 15) is 5.11 Å². The van der Waals surface area contributed by atoms with Crippen molar-refractivity contribution in [3.63, 3.8) is 0 Å². The second-order valence-electron chi connectivity index (χ2n) is 4.94. The quantitative estimate of drug-likeness (QED) is 0.855. The van der Waals surface area contributed by atoms with Crippen molar-refractivity contribution in [3.8, 4) is 11.5 Å². The number of hydrogen-bond donors (Lipinski definition) is 1. The molecule has 0 radical (unpaired) electrons. The van der Waals surface area contributed by atoms with Crippen LogP contribution in [0.5, 0.6) is 11.5 Å². The molecule has 1 N–H and O–H groups in total. The molecule has 0 amide bonds. The largest absolute Gasteiger partial charge is 0.507 e. The highest BCUT2D eigenvalue weighted by Crippen LogP contribution is 2.47. The average molecular weight is 278 g/mol. The Labute approximate surface area is 117 Å². The van der Waals surface area contributed by atoms with Crippen molar-refractivity contribution in [2.24, 2.45) is 0 Å². The summed E-state index contributed by atoms with van der Waals surface area (Å²) in [6.45, 7) is 0.870. The van der Waals surface area contributed by atoms with E-state index in [4.69, 9.17) is 16.3 Å². The molecular weight excluding hydrogens is 262 g/mol. The van der Waals surface area contributed by atoms with Gasteiger partial charge in [0, 0.05) is 47.9 Å². The number of hydrogen-bond acceptors (Lipinski definition) is 3. The van der Waals surface area contributed by atoms with Gasteiger partial charge in [0.15, 0.2) is 0 Å². The number of aromatic hydroxyl groups is 1. The molecule has 1 heterocycles. The third-order valence-electron chi connectivity index (χ3n) is 3.84. The van der Waals surface area contributed by atoms with E-state index in [1.54, 1.807) is 7.11 Å². The van der Waals surface area contributed by atoms with Crippen molar-refractivity contribution < 1.29 is 9.84 Å². The first-order valence-corrected chi connectivity index (χ1v) is 6.80. The molecular formula is C15H16ClNO2. The van der Waals surface area contributed by atoms with Crippen molar-refractivity contribution in [2.45, 2.75) is 5.92 Å². The molecule has 0 unspecified atom stereocenters. The lowest BCUT2D eigenvalue weighted by atomic mass is 9.94. The van der Waals surface area contributed by atoms with E-state index < -0.39 is 0 Å². The molecule has 1 aliphatic heterocycles. The average Bonchev–Trinajstić information content (AvgIpc) is 2.75. The van der Waals surface area contributed by atoms with Gasteiger partial charge in [0.2, 0.25) is 0 Å². The molecule has 2 aromatic rings. The predicted octanol–water partition coefficient (Wildman–Crippen LogP) is 3.33. The van der Waals surface area contributed by atoms with Crippen LogP contribution < -0.4 is 9.64 Å². The number of rotatable bonds is 2. The zero-order chi connectivity index (χ0) is 13.6. The summed E-state index contributed by atoms with van der Waals surface area (Å²) in [4.78, 5) is 2.13. The molecule has 1 aliphatic rings. The maximum atomic E-state index is 10.2. The summed E-state index contributed by atoms with van der Waals surface area (Å²) in [5.74, 6) is 1.90. The summed E-state index contributed by atoms with van der Waals surface area (Å²) >= 11 is 6.11. The number of phenols is 1. The summed E-state index contributed by atoms with van der Waals surface area (Å²) in [7, 11) is 3.67. The van der Waals surface area contributed by atoms with Gasteiger partial charge in [0.1, 0.15) is 11.5 Å². The van der Waals surface area contributed by atoms with Crippen LogP contribution in [0, 0.1) is 0 Å². The second-order valence-corrected chi connectivity index (χ2v) is 5.25. The number of benzene rings is 2. The van der Waals surface area contributed by atoms with Gasteiger partial charge in [-0.25, -0.2) is 0 Å². The van der Waals surface area contributed by atoms with Crippen LogP contribution in [0.25, 0.3) is 10.8 Å². The summed E-state index contributed by atoms with van der Waals surface area (Å²) in [6, 6.07) is 7.55. The summed E-state index contributed by atoms with van der Waals surface area (Å²) in [5, 5.41) is 12.0. The summed E-state index contributed by atoms with van der Waals surface area (Å²) in [6.07, 6.45) is 0. The van der Waals surface area contributed by atoms with Gasteiger partial charge in [-0.15, -0.1) is 11.6 Å². The molecule has 0 spiro atoms. The Morgan fingerprint density at radius 3 is 2.95 bits per heavy atom. The first kappa shape index (κ1) is 12.4. The van der Waals surface area contributed by atoms with Crippen molar-refractivity contribution >= 4 is 28.1 Å². The SMILES string of the molecule is COc1cccc2c(O)cc3c(c12)[C@H](CCl)CN3C. The first-order valence-electron chi connectivity index (χ1n) is 6.27. The highest BCUT2D eigenvalue weighted by molar-refractivity contribution is 6.19. The highest BCUT2D eigenvalue weighted by Gasteiger charge is 2.30. The number of halogens is 1. The fourth-order valence-corrected chi connectivity index (χ4v) is 3.23. The molecule has 19 heavy (non-hydrogen) atoms. The number of ether oxygens (including phenoxy) is 1. The third-order valence-corrected chi connectivity index (χ3v) is 4.21. The van der Waals surface area contributed by atoms with E-state index in [1.165, 1.54) is 5.56 Å². The Balaban J connectivity index is 2.43. The maximum Gasteiger partial charge on any atom is 0.127 e. The lowest BCUT2D eigenvalue weighted by Gasteiger charge is -2.15. The zero-order valence-corrected chi connectivity index (χ0v) is 11.7. The van der Waals surface area contributed by atoms with Crippen molar-refractivity contribution in [1.29, 1.82) is 0 Å².